The third-order valence-corrected chi connectivity index (χ3v) is 8.99. The molecule has 1 aliphatic rings. The summed E-state index contributed by atoms with van der Waals surface area (Å²) in [5.74, 6) is -0.383. The molecule has 0 spiro atoms. The maximum absolute atomic E-state index is 12.9. The summed E-state index contributed by atoms with van der Waals surface area (Å²) >= 11 is 0. The van der Waals surface area contributed by atoms with E-state index in [1.54, 1.807) is 24.3 Å². The van der Waals surface area contributed by atoms with Gasteiger partial charge in [0.15, 0.2) is 6.10 Å². The molecule has 0 fully saturated rings. The first-order valence-electron chi connectivity index (χ1n) is 11.3. The minimum absolute atomic E-state index is 0.0335. The quantitative estimate of drug-likeness (QED) is 0.482. The number of rotatable bonds is 7. The van der Waals surface area contributed by atoms with Crippen molar-refractivity contribution in [1.29, 1.82) is 0 Å². The molecule has 2 N–H and O–H groups in total. The summed E-state index contributed by atoms with van der Waals surface area (Å²) in [5.41, 5.74) is 2.86. The van der Waals surface area contributed by atoms with Crippen LogP contribution in [0.1, 0.15) is 18.1 Å². The summed E-state index contributed by atoms with van der Waals surface area (Å²) in [6, 6.07) is 17.8. The summed E-state index contributed by atoms with van der Waals surface area (Å²) < 4.78 is 60.6. The fourth-order valence-corrected chi connectivity index (χ4v) is 6.19. The highest BCUT2D eigenvalue weighted by atomic mass is 32.2. The molecule has 9 nitrogen and oxygen atoms in total. The second-order valence-corrected chi connectivity index (χ2v) is 12.3. The van der Waals surface area contributed by atoms with Gasteiger partial charge in [-0.15, -0.1) is 0 Å². The molecule has 11 heteroatoms. The van der Waals surface area contributed by atoms with Crippen LogP contribution in [0.2, 0.25) is 0 Å². The van der Waals surface area contributed by atoms with Gasteiger partial charge in [-0.2, -0.15) is 0 Å². The SMILES string of the molecule is CCS(=O)(=O)N1CC(C(=O)Nc2ccc(S(=O)(=O)Nc3c(C)cccc3C)cc2)Oc2ccccc21. The van der Waals surface area contributed by atoms with Gasteiger partial charge in [0.1, 0.15) is 5.75 Å². The summed E-state index contributed by atoms with van der Waals surface area (Å²) in [5, 5.41) is 2.68. The maximum Gasteiger partial charge on any atom is 0.267 e. The second-order valence-electron chi connectivity index (χ2n) is 8.39. The topological polar surface area (TPSA) is 122 Å². The minimum Gasteiger partial charge on any atom is -0.476 e. The molecule has 1 unspecified atom stereocenters. The van der Waals surface area contributed by atoms with Gasteiger partial charge in [-0.3, -0.25) is 13.8 Å². The van der Waals surface area contributed by atoms with Crippen molar-refractivity contribution in [3.63, 3.8) is 0 Å². The van der Waals surface area contributed by atoms with E-state index in [4.69, 9.17) is 4.74 Å². The van der Waals surface area contributed by atoms with Crippen molar-refractivity contribution >= 4 is 43.0 Å². The lowest BCUT2D eigenvalue weighted by molar-refractivity contribution is -0.122. The molecule has 0 saturated carbocycles. The zero-order chi connectivity index (χ0) is 26.1. The van der Waals surface area contributed by atoms with Crippen LogP contribution < -0.4 is 19.1 Å². The van der Waals surface area contributed by atoms with E-state index in [9.17, 15) is 21.6 Å². The number of hydrogen-bond acceptors (Lipinski definition) is 6. The van der Waals surface area contributed by atoms with Crippen LogP contribution in [0, 0.1) is 13.8 Å². The molecule has 1 heterocycles. The van der Waals surface area contributed by atoms with E-state index >= 15 is 0 Å². The highest BCUT2D eigenvalue weighted by Gasteiger charge is 2.36. The number of benzene rings is 3. The Morgan fingerprint density at radius 1 is 0.944 bits per heavy atom. The molecule has 4 rings (SSSR count). The molecule has 1 aliphatic heterocycles. The number of aryl methyl sites for hydroxylation is 2. The van der Waals surface area contributed by atoms with Gasteiger partial charge in [-0.1, -0.05) is 30.3 Å². The summed E-state index contributed by atoms with van der Waals surface area (Å²) in [4.78, 5) is 13.0. The van der Waals surface area contributed by atoms with Crippen molar-refractivity contribution in [2.75, 3.05) is 26.6 Å². The average Bonchev–Trinajstić information content (AvgIpc) is 2.86. The summed E-state index contributed by atoms with van der Waals surface area (Å²) in [6.45, 7) is 5.00. The number of hydrogen-bond donors (Lipinski definition) is 2. The Hall–Kier alpha value is -3.57. The minimum atomic E-state index is -3.84. The van der Waals surface area contributed by atoms with Crippen LogP contribution in [0.4, 0.5) is 17.1 Å². The molecular formula is C25H27N3O6S2. The van der Waals surface area contributed by atoms with Crippen LogP contribution in [-0.4, -0.2) is 41.1 Å². The van der Waals surface area contributed by atoms with Crippen LogP contribution in [0.25, 0.3) is 0 Å². The van der Waals surface area contributed by atoms with E-state index in [1.807, 2.05) is 32.0 Å². The number of nitrogens with zero attached hydrogens (tertiary/aromatic N) is 1. The van der Waals surface area contributed by atoms with E-state index < -0.39 is 32.1 Å². The number of carbonyl (C=O) groups is 1. The highest BCUT2D eigenvalue weighted by Crippen LogP contribution is 2.35. The van der Waals surface area contributed by atoms with E-state index in [1.165, 1.54) is 35.5 Å². The number of fused-ring (bicyclic) bond motifs is 1. The molecule has 0 radical (unpaired) electrons. The van der Waals surface area contributed by atoms with Gasteiger partial charge < -0.3 is 10.1 Å². The summed E-state index contributed by atoms with van der Waals surface area (Å²) in [6.07, 6.45) is -1.09. The summed E-state index contributed by atoms with van der Waals surface area (Å²) in [7, 11) is -7.47. The van der Waals surface area contributed by atoms with E-state index in [2.05, 4.69) is 10.0 Å². The maximum atomic E-state index is 12.9. The van der Waals surface area contributed by atoms with Crippen molar-refractivity contribution in [1.82, 2.24) is 0 Å². The van der Waals surface area contributed by atoms with Gasteiger partial charge in [-0.05, 0) is 68.3 Å². The number of sulfonamides is 2. The van der Waals surface area contributed by atoms with E-state index in [0.29, 0.717) is 22.8 Å². The number of anilines is 3. The standard InChI is InChI=1S/C25H27N3O6S2/c1-4-35(30,31)28-16-23(34-22-11-6-5-10-21(22)28)25(29)26-19-12-14-20(15-13-19)36(32,33)27-24-17(2)8-7-9-18(24)3/h5-15,23,27H,4,16H2,1-3H3,(H,26,29). The predicted octanol–water partition coefficient (Wildman–Crippen LogP) is 3.66. The highest BCUT2D eigenvalue weighted by molar-refractivity contribution is 7.93. The number of para-hydroxylation sites is 3. The Morgan fingerprint density at radius 3 is 2.22 bits per heavy atom. The smallest absolute Gasteiger partial charge is 0.267 e. The van der Waals surface area contributed by atoms with Crippen molar-refractivity contribution in [2.24, 2.45) is 0 Å². The molecule has 1 amide bonds. The largest absolute Gasteiger partial charge is 0.476 e. The lowest BCUT2D eigenvalue weighted by Crippen LogP contribution is -2.49. The Balaban J connectivity index is 1.50. The van der Waals surface area contributed by atoms with Crippen molar-refractivity contribution in [2.45, 2.75) is 31.8 Å². The first-order chi connectivity index (χ1) is 17.0. The monoisotopic (exact) mass is 529 g/mol. The fourth-order valence-electron chi connectivity index (χ4n) is 3.87. The number of carbonyl (C=O) groups excluding carboxylic acids is 1. The molecule has 0 aliphatic carbocycles. The predicted molar refractivity (Wildman–Crippen MR) is 139 cm³/mol. The number of amides is 1. The number of nitrogens with one attached hydrogen (secondary N) is 2. The van der Waals surface area contributed by atoms with Gasteiger partial charge in [-0.25, -0.2) is 16.8 Å². The first-order valence-corrected chi connectivity index (χ1v) is 14.4. The zero-order valence-electron chi connectivity index (χ0n) is 20.1. The van der Waals surface area contributed by atoms with Crippen molar-refractivity contribution < 1.29 is 26.4 Å². The van der Waals surface area contributed by atoms with Gasteiger partial charge in [0.2, 0.25) is 10.0 Å². The molecule has 1 atom stereocenters. The van der Waals surface area contributed by atoms with E-state index in [-0.39, 0.29) is 17.2 Å². The van der Waals surface area contributed by atoms with Gasteiger partial charge in [0.05, 0.1) is 28.6 Å². The van der Waals surface area contributed by atoms with Crippen molar-refractivity contribution in [3.8, 4) is 5.75 Å². The normalized spacial score (nSPS) is 15.5. The number of ether oxygens (including phenoxy) is 1. The fraction of sp³-hybridized carbons (Fsp3) is 0.240. The molecule has 36 heavy (non-hydrogen) atoms. The van der Waals surface area contributed by atoms with Crippen LogP contribution in [0.5, 0.6) is 5.75 Å². The van der Waals surface area contributed by atoms with Crippen LogP contribution >= 0.6 is 0 Å². The Morgan fingerprint density at radius 2 is 1.58 bits per heavy atom. The van der Waals surface area contributed by atoms with Crippen LogP contribution in [0.15, 0.2) is 71.6 Å². The molecule has 0 aromatic heterocycles. The van der Waals surface area contributed by atoms with Crippen LogP contribution in [-0.2, 0) is 24.8 Å². The Bertz CT molecular complexity index is 1480. The third kappa shape index (κ3) is 5.17. The molecule has 3 aromatic carbocycles. The Labute approximate surface area is 211 Å². The molecule has 3 aromatic rings. The van der Waals surface area contributed by atoms with Crippen molar-refractivity contribution in [3.05, 3.63) is 77.9 Å². The average molecular weight is 530 g/mol. The second kappa shape index (κ2) is 9.82. The zero-order valence-corrected chi connectivity index (χ0v) is 21.7. The molecule has 0 saturated heterocycles. The van der Waals surface area contributed by atoms with Gasteiger partial charge in [0.25, 0.3) is 15.9 Å². The van der Waals surface area contributed by atoms with Crippen LogP contribution in [0.3, 0.4) is 0 Å². The molecule has 190 valence electrons. The van der Waals surface area contributed by atoms with Gasteiger partial charge in [0, 0.05) is 5.69 Å². The Kier molecular flexibility index (Phi) is 6.96. The molecule has 0 bridgehead atoms. The lowest BCUT2D eigenvalue weighted by Gasteiger charge is -2.34. The van der Waals surface area contributed by atoms with E-state index in [0.717, 1.165) is 11.1 Å². The first kappa shape index (κ1) is 25.5. The molecular weight excluding hydrogens is 502 g/mol. The van der Waals surface area contributed by atoms with Gasteiger partial charge >= 0.3 is 0 Å². The lowest BCUT2D eigenvalue weighted by atomic mass is 10.1. The third-order valence-electron chi connectivity index (χ3n) is 5.88.